The number of aromatic amines is 1. The second-order valence-corrected chi connectivity index (χ2v) is 5.22. The molecule has 22 heavy (non-hydrogen) atoms. The van der Waals surface area contributed by atoms with Crippen LogP contribution < -0.4 is 4.74 Å². The van der Waals surface area contributed by atoms with Gasteiger partial charge >= 0.3 is 0 Å². The summed E-state index contributed by atoms with van der Waals surface area (Å²) >= 11 is 0. The average molecular weight is 293 g/mol. The van der Waals surface area contributed by atoms with Crippen molar-refractivity contribution in [3.63, 3.8) is 0 Å². The molecule has 1 N–H and O–H groups in total. The van der Waals surface area contributed by atoms with Gasteiger partial charge in [-0.2, -0.15) is 0 Å². The maximum Gasteiger partial charge on any atom is 0.152 e. The lowest BCUT2D eigenvalue weighted by atomic mass is 10.0. The van der Waals surface area contributed by atoms with E-state index in [-0.39, 0.29) is 0 Å². The van der Waals surface area contributed by atoms with E-state index in [4.69, 9.17) is 4.74 Å². The Morgan fingerprint density at radius 3 is 2.50 bits per heavy atom. The van der Waals surface area contributed by atoms with Crippen molar-refractivity contribution in [1.29, 1.82) is 0 Å². The number of aldehydes is 1. The standard InChI is InChI=1S/C19H19NO2/c1-3-13-5-10-18-16(11-13)17(12-21)19(20-18)14-6-8-15(9-7-14)22-4-2/h5-12,20H,3-4H2,1-2H3. The molecule has 0 aliphatic rings. The minimum Gasteiger partial charge on any atom is -0.494 e. The molecule has 0 radical (unpaired) electrons. The van der Waals surface area contributed by atoms with E-state index in [1.165, 1.54) is 5.56 Å². The minimum absolute atomic E-state index is 0.644. The first kappa shape index (κ1) is 14.4. The van der Waals surface area contributed by atoms with Crippen LogP contribution in [0.5, 0.6) is 5.75 Å². The minimum atomic E-state index is 0.644. The first-order valence-electron chi connectivity index (χ1n) is 7.59. The first-order chi connectivity index (χ1) is 10.8. The van der Waals surface area contributed by atoms with Crippen LogP contribution in [0.1, 0.15) is 29.8 Å². The van der Waals surface area contributed by atoms with Crippen LogP contribution in [-0.2, 0) is 6.42 Å². The van der Waals surface area contributed by atoms with E-state index in [1.54, 1.807) is 0 Å². The van der Waals surface area contributed by atoms with Crippen molar-refractivity contribution in [3.8, 4) is 17.0 Å². The highest BCUT2D eigenvalue weighted by molar-refractivity contribution is 6.04. The number of ether oxygens (including phenoxy) is 1. The van der Waals surface area contributed by atoms with Crippen molar-refractivity contribution in [2.75, 3.05) is 6.61 Å². The number of carbonyl (C=O) groups is 1. The van der Waals surface area contributed by atoms with Gasteiger partial charge in [-0.3, -0.25) is 4.79 Å². The maximum absolute atomic E-state index is 11.6. The summed E-state index contributed by atoms with van der Waals surface area (Å²) in [7, 11) is 0. The molecular weight excluding hydrogens is 274 g/mol. The van der Waals surface area contributed by atoms with E-state index in [1.807, 2.05) is 37.3 Å². The summed E-state index contributed by atoms with van der Waals surface area (Å²) in [5.74, 6) is 0.836. The number of H-pyrrole nitrogens is 1. The smallest absolute Gasteiger partial charge is 0.152 e. The zero-order valence-corrected chi connectivity index (χ0v) is 12.8. The number of aryl methyl sites for hydroxylation is 1. The van der Waals surface area contributed by atoms with Crippen LogP contribution in [0.2, 0.25) is 0 Å². The molecule has 3 heteroatoms. The highest BCUT2D eigenvalue weighted by atomic mass is 16.5. The molecule has 0 fully saturated rings. The maximum atomic E-state index is 11.6. The number of benzene rings is 2. The van der Waals surface area contributed by atoms with E-state index < -0.39 is 0 Å². The lowest BCUT2D eigenvalue weighted by Crippen LogP contribution is -1.91. The number of aromatic nitrogens is 1. The average Bonchev–Trinajstić information content (AvgIpc) is 2.93. The fourth-order valence-corrected chi connectivity index (χ4v) is 2.71. The third-order valence-electron chi connectivity index (χ3n) is 3.88. The number of nitrogens with one attached hydrogen (secondary N) is 1. The number of hydrogen-bond acceptors (Lipinski definition) is 2. The number of hydrogen-bond donors (Lipinski definition) is 1. The Hall–Kier alpha value is -2.55. The molecule has 0 saturated carbocycles. The largest absolute Gasteiger partial charge is 0.494 e. The van der Waals surface area contributed by atoms with Crippen LogP contribution in [0.3, 0.4) is 0 Å². The van der Waals surface area contributed by atoms with E-state index in [0.29, 0.717) is 6.61 Å². The summed E-state index contributed by atoms with van der Waals surface area (Å²) in [5.41, 5.74) is 4.78. The third-order valence-corrected chi connectivity index (χ3v) is 3.88. The zero-order chi connectivity index (χ0) is 15.5. The molecule has 2 aromatic carbocycles. The van der Waals surface area contributed by atoms with Gasteiger partial charge in [0.05, 0.1) is 12.3 Å². The first-order valence-corrected chi connectivity index (χ1v) is 7.59. The summed E-state index contributed by atoms with van der Waals surface area (Å²) in [5, 5.41) is 0.984. The molecule has 1 aromatic heterocycles. The van der Waals surface area contributed by atoms with Crippen molar-refractivity contribution in [2.24, 2.45) is 0 Å². The molecule has 3 nitrogen and oxygen atoms in total. The predicted molar refractivity (Wildman–Crippen MR) is 89.7 cm³/mol. The molecule has 112 valence electrons. The van der Waals surface area contributed by atoms with E-state index in [0.717, 1.165) is 46.2 Å². The summed E-state index contributed by atoms with van der Waals surface area (Å²) in [6.45, 7) is 4.72. The quantitative estimate of drug-likeness (QED) is 0.698. The molecule has 3 rings (SSSR count). The van der Waals surface area contributed by atoms with Crippen LogP contribution >= 0.6 is 0 Å². The van der Waals surface area contributed by atoms with Crippen molar-refractivity contribution < 1.29 is 9.53 Å². The predicted octanol–water partition coefficient (Wildman–Crippen LogP) is 4.61. The Kier molecular flexibility index (Phi) is 3.96. The number of fused-ring (bicyclic) bond motifs is 1. The Labute approximate surface area is 129 Å². The second kappa shape index (κ2) is 6.06. The van der Waals surface area contributed by atoms with Crippen LogP contribution in [0.25, 0.3) is 22.2 Å². The van der Waals surface area contributed by atoms with Crippen LogP contribution in [0.15, 0.2) is 42.5 Å². The van der Waals surface area contributed by atoms with Crippen molar-refractivity contribution in [2.45, 2.75) is 20.3 Å². The van der Waals surface area contributed by atoms with E-state index >= 15 is 0 Å². The van der Waals surface area contributed by atoms with E-state index in [2.05, 4.69) is 24.0 Å². The van der Waals surface area contributed by atoms with Gasteiger partial charge in [0.15, 0.2) is 6.29 Å². The fourth-order valence-electron chi connectivity index (χ4n) is 2.71. The SMILES string of the molecule is CCOc1ccc(-c2[nH]c3ccc(CC)cc3c2C=O)cc1. The van der Waals surface area contributed by atoms with Crippen LogP contribution in [0.4, 0.5) is 0 Å². The zero-order valence-electron chi connectivity index (χ0n) is 12.8. The third kappa shape index (κ3) is 2.50. The van der Waals surface area contributed by atoms with Gasteiger partial charge in [0.25, 0.3) is 0 Å². The summed E-state index contributed by atoms with van der Waals surface area (Å²) in [6, 6.07) is 14.0. The van der Waals surface area contributed by atoms with Gasteiger partial charge in [-0.05, 0) is 60.9 Å². The Morgan fingerprint density at radius 2 is 1.86 bits per heavy atom. The molecule has 0 bridgehead atoms. The van der Waals surface area contributed by atoms with Crippen molar-refractivity contribution in [1.82, 2.24) is 4.98 Å². The Balaban J connectivity index is 2.11. The number of carbonyl (C=O) groups excluding carboxylic acids is 1. The molecule has 0 aliphatic heterocycles. The summed E-state index contributed by atoms with van der Waals surface area (Å²) in [6.07, 6.45) is 1.89. The Morgan fingerprint density at radius 1 is 1.09 bits per heavy atom. The van der Waals surface area contributed by atoms with Gasteiger partial charge in [-0.15, -0.1) is 0 Å². The molecule has 0 amide bonds. The van der Waals surface area contributed by atoms with Gasteiger partial charge in [-0.1, -0.05) is 13.0 Å². The highest BCUT2D eigenvalue weighted by Crippen LogP contribution is 2.30. The molecule has 0 aliphatic carbocycles. The molecular formula is C19H19NO2. The lowest BCUT2D eigenvalue weighted by Gasteiger charge is -2.04. The molecule has 0 atom stereocenters. The molecule has 0 spiro atoms. The van der Waals surface area contributed by atoms with Gasteiger partial charge in [0.1, 0.15) is 5.75 Å². The topological polar surface area (TPSA) is 42.1 Å². The summed E-state index contributed by atoms with van der Waals surface area (Å²) in [4.78, 5) is 15.0. The van der Waals surface area contributed by atoms with Crippen LogP contribution in [-0.4, -0.2) is 17.9 Å². The summed E-state index contributed by atoms with van der Waals surface area (Å²) < 4.78 is 5.46. The van der Waals surface area contributed by atoms with Crippen LogP contribution in [0, 0.1) is 0 Å². The van der Waals surface area contributed by atoms with Gasteiger partial charge in [-0.25, -0.2) is 0 Å². The molecule has 1 heterocycles. The van der Waals surface area contributed by atoms with E-state index in [9.17, 15) is 4.79 Å². The van der Waals surface area contributed by atoms with Gasteiger partial charge in [0.2, 0.25) is 0 Å². The molecule has 0 saturated heterocycles. The van der Waals surface area contributed by atoms with Gasteiger partial charge < -0.3 is 9.72 Å². The normalized spacial score (nSPS) is 10.8. The highest BCUT2D eigenvalue weighted by Gasteiger charge is 2.13. The van der Waals surface area contributed by atoms with Crippen molar-refractivity contribution in [3.05, 3.63) is 53.6 Å². The fraction of sp³-hybridized carbons (Fsp3) is 0.211. The monoisotopic (exact) mass is 293 g/mol. The lowest BCUT2D eigenvalue weighted by molar-refractivity contribution is 0.112. The van der Waals surface area contributed by atoms with Gasteiger partial charge in [0, 0.05) is 16.5 Å². The number of rotatable bonds is 5. The second-order valence-electron chi connectivity index (χ2n) is 5.22. The molecule has 0 unspecified atom stereocenters. The molecule has 3 aromatic rings. The van der Waals surface area contributed by atoms with Crippen molar-refractivity contribution >= 4 is 17.2 Å². The Bertz CT molecular complexity index is 800.